The molecule has 0 radical (unpaired) electrons. The van der Waals surface area contributed by atoms with Crippen molar-refractivity contribution in [3.63, 3.8) is 0 Å². The van der Waals surface area contributed by atoms with Crippen LogP contribution in [-0.4, -0.2) is 37.6 Å². The number of nitrogens with zero attached hydrogens (tertiary/aromatic N) is 1. The zero-order valence-electron chi connectivity index (χ0n) is 12.3. The Labute approximate surface area is 118 Å². The molecule has 19 heavy (non-hydrogen) atoms. The first-order valence-electron chi connectivity index (χ1n) is 7.90. The van der Waals surface area contributed by atoms with Crippen molar-refractivity contribution >= 4 is 0 Å². The van der Waals surface area contributed by atoms with Gasteiger partial charge in [-0.1, -0.05) is 44.0 Å². The maximum Gasteiger partial charge on any atom is 0.0107 e. The van der Waals surface area contributed by atoms with E-state index >= 15 is 0 Å². The largest absolute Gasteiger partial charge is 0.315 e. The lowest BCUT2D eigenvalue weighted by atomic mass is 10.0. The average molecular weight is 260 g/mol. The Hall–Kier alpha value is -0.860. The Bertz CT molecular complexity index is 335. The summed E-state index contributed by atoms with van der Waals surface area (Å²) in [6, 6.07) is 8.93. The summed E-state index contributed by atoms with van der Waals surface area (Å²) in [5.41, 5.74) is 3.11. The van der Waals surface area contributed by atoms with Crippen LogP contribution in [0.1, 0.15) is 37.3 Å². The smallest absolute Gasteiger partial charge is 0.0107 e. The molecule has 1 heterocycles. The maximum absolute atomic E-state index is 3.57. The summed E-state index contributed by atoms with van der Waals surface area (Å²) in [6.45, 7) is 8.21. The number of hydrogen-bond acceptors (Lipinski definition) is 2. The Morgan fingerprint density at radius 3 is 2.32 bits per heavy atom. The monoisotopic (exact) mass is 260 g/mol. The van der Waals surface area contributed by atoms with Gasteiger partial charge in [0.15, 0.2) is 0 Å². The molecule has 0 fully saturated rings. The molecule has 0 aromatic heterocycles. The van der Waals surface area contributed by atoms with Crippen molar-refractivity contribution in [3.05, 3.63) is 35.4 Å². The summed E-state index contributed by atoms with van der Waals surface area (Å²) >= 11 is 0. The quantitative estimate of drug-likeness (QED) is 0.758. The minimum Gasteiger partial charge on any atom is -0.315 e. The number of nitrogens with one attached hydrogen (secondary N) is 1. The van der Waals surface area contributed by atoms with Crippen LogP contribution >= 0.6 is 0 Å². The van der Waals surface area contributed by atoms with Crippen molar-refractivity contribution < 1.29 is 0 Å². The number of hydrogen-bond donors (Lipinski definition) is 1. The van der Waals surface area contributed by atoms with Gasteiger partial charge in [-0.3, -0.25) is 0 Å². The SMILES string of the molecule is CCCCCNCCN1CCc2ccccc2CC1. The molecule has 2 nitrogen and oxygen atoms in total. The van der Waals surface area contributed by atoms with E-state index in [1.54, 1.807) is 11.1 Å². The predicted molar refractivity (Wildman–Crippen MR) is 82.7 cm³/mol. The van der Waals surface area contributed by atoms with Crippen LogP contribution in [0.25, 0.3) is 0 Å². The van der Waals surface area contributed by atoms with Gasteiger partial charge in [-0.15, -0.1) is 0 Å². The standard InChI is InChI=1S/C17H28N2/c1-2-3-6-11-18-12-15-19-13-9-16-7-4-5-8-17(16)10-14-19/h4-5,7-8,18H,2-3,6,9-15H2,1H3. The van der Waals surface area contributed by atoms with Gasteiger partial charge in [-0.2, -0.15) is 0 Å². The molecule has 1 aromatic rings. The molecule has 0 saturated carbocycles. The van der Waals surface area contributed by atoms with E-state index in [0.717, 1.165) is 6.54 Å². The summed E-state index contributed by atoms with van der Waals surface area (Å²) in [7, 11) is 0. The highest BCUT2D eigenvalue weighted by atomic mass is 15.1. The van der Waals surface area contributed by atoms with Gasteiger partial charge >= 0.3 is 0 Å². The highest BCUT2D eigenvalue weighted by molar-refractivity contribution is 5.28. The van der Waals surface area contributed by atoms with Crippen LogP contribution in [0.15, 0.2) is 24.3 Å². The highest BCUT2D eigenvalue weighted by Gasteiger charge is 2.12. The van der Waals surface area contributed by atoms with Gasteiger partial charge in [0, 0.05) is 26.2 Å². The second-order valence-electron chi connectivity index (χ2n) is 5.57. The zero-order chi connectivity index (χ0) is 13.3. The van der Waals surface area contributed by atoms with Crippen LogP contribution in [0.4, 0.5) is 0 Å². The molecular weight excluding hydrogens is 232 g/mol. The fourth-order valence-corrected chi connectivity index (χ4v) is 2.80. The lowest BCUT2D eigenvalue weighted by molar-refractivity contribution is 0.286. The molecule has 0 unspecified atom stereocenters. The van der Waals surface area contributed by atoms with Gasteiger partial charge in [-0.05, 0) is 36.9 Å². The fraction of sp³-hybridized carbons (Fsp3) is 0.647. The maximum atomic E-state index is 3.57. The molecule has 0 atom stereocenters. The molecular formula is C17H28N2. The van der Waals surface area contributed by atoms with Gasteiger partial charge in [0.05, 0.1) is 0 Å². The minimum atomic E-state index is 1.14. The Kier molecular flexibility index (Phi) is 6.38. The number of unbranched alkanes of at least 4 members (excludes halogenated alkanes) is 2. The molecule has 1 aliphatic heterocycles. The van der Waals surface area contributed by atoms with E-state index in [2.05, 4.69) is 41.4 Å². The van der Waals surface area contributed by atoms with E-state index in [-0.39, 0.29) is 0 Å². The van der Waals surface area contributed by atoms with E-state index in [9.17, 15) is 0 Å². The molecule has 1 N–H and O–H groups in total. The summed E-state index contributed by atoms with van der Waals surface area (Å²) < 4.78 is 0. The third kappa shape index (κ3) is 4.96. The first-order chi connectivity index (χ1) is 9.40. The molecule has 0 aliphatic carbocycles. The zero-order valence-corrected chi connectivity index (χ0v) is 12.3. The molecule has 1 aliphatic rings. The van der Waals surface area contributed by atoms with Crippen LogP contribution in [0.5, 0.6) is 0 Å². The highest BCUT2D eigenvalue weighted by Crippen LogP contribution is 2.14. The summed E-state index contributed by atoms with van der Waals surface area (Å²) in [4.78, 5) is 2.60. The minimum absolute atomic E-state index is 1.14. The van der Waals surface area contributed by atoms with Gasteiger partial charge in [0.25, 0.3) is 0 Å². The van der Waals surface area contributed by atoms with Gasteiger partial charge < -0.3 is 10.2 Å². The Balaban J connectivity index is 1.65. The van der Waals surface area contributed by atoms with Crippen molar-refractivity contribution in [3.8, 4) is 0 Å². The van der Waals surface area contributed by atoms with E-state index in [1.165, 1.54) is 58.3 Å². The summed E-state index contributed by atoms with van der Waals surface area (Å²) in [5, 5.41) is 3.57. The van der Waals surface area contributed by atoms with Crippen LogP contribution in [0, 0.1) is 0 Å². The van der Waals surface area contributed by atoms with Gasteiger partial charge in [0.1, 0.15) is 0 Å². The van der Waals surface area contributed by atoms with E-state index in [1.807, 2.05) is 0 Å². The second-order valence-corrected chi connectivity index (χ2v) is 5.57. The molecule has 1 aromatic carbocycles. The Morgan fingerprint density at radius 1 is 1.00 bits per heavy atom. The first-order valence-corrected chi connectivity index (χ1v) is 7.90. The van der Waals surface area contributed by atoms with E-state index in [0.29, 0.717) is 0 Å². The summed E-state index contributed by atoms with van der Waals surface area (Å²) in [6.07, 6.45) is 6.41. The number of rotatable bonds is 7. The second kappa shape index (κ2) is 8.34. The van der Waals surface area contributed by atoms with Crippen molar-refractivity contribution in [2.45, 2.75) is 39.0 Å². The first kappa shape index (κ1) is 14.5. The molecule has 0 bridgehead atoms. The molecule has 0 spiro atoms. The number of fused-ring (bicyclic) bond motifs is 1. The van der Waals surface area contributed by atoms with Gasteiger partial charge in [0.2, 0.25) is 0 Å². The number of benzene rings is 1. The predicted octanol–water partition coefficient (Wildman–Crippen LogP) is 2.87. The molecule has 2 rings (SSSR count). The van der Waals surface area contributed by atoms with E-state index in [4.69, 9.17) is 0 Å². The lowest BCUT2D eigenvalue weighted by Crippen LogP contribution is -2.34. The molecule has 0 saturated heterocycles. The third-order valence-electron chi connectivity index (χ3n) is 4.08. The van der Waals surface area contributed by atoms with Crippen molar-refractivity contribution in [1.82, 2.24) is 10.2 Å². The normalized spacial score (nSPS) is 16.1. The van der Waals surface area contributed by atoms with Crippen LogP contribution in [-0.2, 0) is 12.8 Å². The molecule has 106 valence electrons. The summed E-state index contributed by atoms with van der Waals surface area (Å²) in [5.74, 6) is 0. The van der Waals surface area contributed by atoms with Crippen LogP contribution in [0.2, 0.25) is 0 Å². The Morgan fingerprint density at radius 2 is 1.68 bits per heavy atom. The van der Waals surface area contributed by atoms with Crippen molar-refractivity contribution in [2.75, 3.05) is 32.7 Å². The van der Waals surface area contributed by atoms with Gasteiger partial charge in [-0.25, -0.2) is 0 Å². The molecule has 2 heteroatoms. The van der Waals surface area contributed by atoms with Crippen molar-refractivity contribution in [1.29, 1.82) is 0 Å². The van der Waals surface area contributed by atoms with E-state index < -0.39 is 0 Å². The lowest BCUT2D eigenvalue weighted by Gasteiger charge is -2.19. The van der Waals surface area contributed by atoms with Crippen molar-refractivity contribution in [2.24, 2.45) is 0 Å². The molecule has 0 amide bonds. The third-order valence-corrected chi connectivity index (χ3v) is 4.08. The van der Waals surface area contributed by atoms with Crippen LogP contribution < -0.4 is 5.32 Å². The van der Waals surface area contributed by atoms with Crippen LogP contribution in [0.3, 0.4) is 0 Å². The topological polar surface area (TPSA) is 15.3 Å². The average Bonchev–Trinajstić information content (AvgIpc) is 2.65. The fourth-order valence-electron chi connectivity index (χ4n) is 2.80.